The van der Waals surface area contributed by atoms with Crippen LogP contribution < -0.4 is 16.5 Å². The van der Waals surface area contributed by atoms with Crippen LogP contribution in [0.4, 0.5) is 9.93 Å². The van der Waals surface area contributed by atoms with E-state index < -0.39 is 122 Å². The van der Waals surface area contributed by atoms with E-state index in [0.29, 0.717) is 16.8 Å². The molecular formula is C30H28Cl2N8O14S2. The standard InChI is InChI=1S/C30H28Cl2N8O14S2/c1-29(2,25(49)50)54-37-16(17-20(32)55-27(33)35-17)13(42)7-11-23(48)38-9-30(26(51)52,56-24(11)38)39-5-6-40(28(39)53)36-21(46)14(43)8-34-22(47)18(44)10-3-4-12(41)19(45)15(10)31/h3-4,11,24,41,45H,5-9H2,1-2H3,(H2,33,35)(H,34,47)(H,36,46)(H,49,50)(H,51,52)/b37-16+/t11?,24-,30-/m1/s1. The van der Waals surface area contributed by atoms with Gasteiger partial charge in [0.15, 0.2) is 28.1 Å². The highest BCUT2D eigenvalue weighted by Crippen LogP contribution is 2.53. The van der Waals surface area contributed by atoms with Crippen LogP contribution in [0.3, 0.4) is 0 Å². The predicted molar refractivity (Wildman–Crippen MR) is 192 cm³/mol. The molecule has 1 aromatic heterocycles. The number of oxime groups is 1. The Hall–Kier alpha value is -5.72. The number of carboxylic acid groups (broad SMARTS) is 2. The van der Waals surface area contributed by atoms with Gasteiger partial charge in [0, 0.05) is 13.0 Å². The highest BCUT2D eigenvalue weighted by Gasteiger charge is 2.66. The van der Waals surface area contributed by atoms with E-state index in [-0.39, 0.29) is 28.3 Å². The number of rotatable bonds is 15. The number of nitrogens with zero attached hydrogens (tertiary/aromatic N) is 5. The molecule has 0 aliphatic carbocycles. The van der Waals surface area contributed by atoms with Crippen LogP contribution in [0.5, 0.6) is 11.5 Å². The van der Waals surface area contributed by atoms with Crippen molar-refractivity contribution in [3.05, 3.63) is 32.7 Å². The smallest absolute Gasteiger partial charge is 0.350 e. The molecule has 1 aromatic carbocycles. The minimum Gasteiger partial charge on any atom is -0.504 e. The van der Waals surface area contributed by atoms with Crippen molar-refractivity contribution in [2.45, 2.75) is 36.1 Å². The van der Waals surface area contributed by atoms with Crippen LogP contribution in [0.2, 0.25) is 9.36 Å². The zero-order valence-electron chi connectivity index (χ0n) is 28.6. The summed E-state index contributed by atoms with van der Waals surface area (Å²) in [7, 11) is 0. The maximum Gasteiger partial charge on any atom is 0.350 e. The van der Waals surface area contributed by atoms with Crippen LogP contribution in [-0.4, -0.2) is 141 Å². The van der Waals surface area contributed by atoms with Gasteiger partial charge in [-0.25, -0.2) is 24.4 Å². The number of fused-ring (bicyclic) bond motifs is 1. The summed E-state index contributed by atoms with van der Waals surface area (Å²) >= 11 is 13.4. The normalized spacial score (nSPS) is 20.6. The van der Waals surface area contributed by atoms with E-state index in [0.717, 1.165) is 47.1 Å². The molecule has 3 fully saturated rings. The second-order valence-corrected chi connectivity index (χ2v) is 16.0. The van der Waals surface area contributed by atoms with Crippen LogP contribution in [-0.2, 0) is 38.4 Å². The first-order valence-corrected chi connectivity index (χ1v) is 18.2. The third-order valence-corrected chi connectivity index (χ3v) is 11.8. The van der Waals surface area contributed by atoms with Gasteiger partial charge in [-0.05, 0) is 26.0 Å². The van der Waals surface area contributed by atoms with Crippen LogP contribution in [0.25, 0.3) is 0 Å². The molecule has 56 heavy (non-hydrogen) atoms. The molecular weight excluding hydrogens is 831 g/mol. The zero-order valence-corrected chi connectivity index (χ0v) is 31.7. The van der Waals surface area contributed by atoms with Gasteiger partial charge in [0.25, 0.3) is 11.7 Å². The number of hydrogen-bond acceptors (Lipinski definition) is 17. The van der Waals surface area contributed by atoms with Crippen molar-refractivity contribution in [1.82, 2.24) is 30.5 Å². The van der Waals surface area contributed by atoms with E-state index in [1.165, 1.54) is 0 Å². The van der Waals surface area contributed by atoms with E-state index >= 15 is 0 Å². The molecule has 3 aliphatic rings. The number of urea groups is 1. The van der Waals surface area contributed by atoms with E-state index in [1.807, 2.05) is 10.7 Å². The van der Waals surface area contributed by atoms with Crippen molar-refractivity contribution in [1.29, 1.82) is 0 Å². The molecule has 26 heteroatoms. The van der Waals surface area contributed by atoms with Gasteiger partial charge >= 0.3 is 23.9 Å². The molecule has 3 atom stereocenters. The number of amides is 5. The number of carbonyl (C=O) groups excluding carboxylic acids is 7. The minimum atomic E-state index is -2.12. The number of nitrogens with one attached hydrogen (secondary N) is 2. The lowest BCUT2D eigenvalue weighted by Gasteiger charge is -2.40. The Bertz CT molecular complexity index is 2150. The number of Topliss-reactive ketones (excluding diaryl/α,β-unsaturated/α-hetero) is 3. The van der Waals surface area contributed by atoms with E-state index in [1.54, 1.807) is 0 Å². The predicted octanol–water partition coefficient (Wildman–Crippen LogP) is -0.364. The molecule has 3 saturated heterocycles. The lowest BCUT2D eigenvalue weighted by Crippen LogP contribution is -2.60. The maximum absolute atomic E-state index is 13.6. The Morgan fingerprint density at radius 1 is 1.07 bits per heavy atom. The molecule has 0 spiro atoms. The molecule has 0 bridgehead atoms. The average Bonchev–Trinajstić information content (AvgIpc) is 3.80. The highest BCUT2D eigenvalue weighted by molar-refractivity contribution is 8.02. The first-order valence-electron chi connectivity index (χ1n) is 15.7. The number of phenolic OH excluding ortho intramolecular Hbond substituents is 2. The van der Waals surface area contributed by atoms with Gasteiger partial charge in [0.1, 0.15) is 10.0 Å². The van der Waals surface area contributed by atoms with Crippen molar-refractivity contribution in [2.75, 3.05) is 31.9 Å². The van der Waals surface area contributed by atoms with Gasteiger partial charge in [-0.15, -0.1) is 0 Å². The number of carbonyl (C=O) groups is 9. The Morgan fingerprint density at radius 3 is 2.36 bits per heavy atom. The number of thiazole rings is 1. The van der Waals surface area contributed by atoms with E-state index in [4.69, 9.17) is 33.8 Å². The van der Waals surface area contributed by atoms with Crippen LogP contribution in [0, 0.1) is 5.92 Å². The van der Waals surface area contributed by atoms with Crippen molar-refractivity contribution in [2.24, 2.45) is 11.1 Å². The molecule has 5 rings (SSSR count). The number of halogens is 2. The van der Waals surface area contributed by atoms with Crippen molar-refractivity contribution in [3.8, 4) is 11.5 Å². The number of carboxylic acids is 2. The number of aromatic hydroxyl groups is 2. The molecule has 8 N–H and O–H groups in total. The SMILES string of the molecule is CC(C)(O/N=C(\C(=O)CC1C(=O)N2C[C@@](C(=O)O)(N3CCN(NC(=O)C(=O)CNC(=O)C(=O)c4ccc(O)c(O)c4Cl)C3=O)S[C@H]12)c1nc(N)sc1Cl)C(=O)O. The summed E-state index contributed by atoms with van der Waals surface area (Å²) in [6.45, 7) is 0.121. The number of aliphatic carboxylic acids is 2. The summed E-state index contributed by atoms with van der Waals surface area (Å²) in [6, 6.07) is 0.755. The molecule has 5 amide bonds. The summed E-state index contributed by atoms with van der Waals surface area (Å²) in [6.07, 6.45) is -0.586. The number of thioether (sulfide) groups is 1. The molecule has 298 valence electrons. The number of benzene rings is 1. The Labute approximate surface area is 331 Å². The summed E-state index contributed by atoms with van der Waals surface area (Å²) in [5.41, 5.74) is 4.53. The van der Waals surface area contributed by atoms with E-state index in [9.17, 15) is 63.6 Å². The van der Waals surface area contributed by atoms with Gasteiger partial charge in [-0.1, -0.05) is 51.5 Å². The number of nitrogens with two attached hydrogens (primary N) is 1. The number of anilines is 1. The second kappa shape index (κ2) is 15.4. The van der Waals surface area contributed by atoms with Crippen LogP contribution in [0.15, 0.2) is 17.3 Å². The van der Waals surface area contributed by atoms with Crippen molar-refractivity contribution >= 4 is 110 Å². The first-order chi connectivity index (χ1) is 26.1. The number of phenols is 2. The summed E-state index contributed by atoms with van der Waals surface area (Å²) in [5.74, 6) is -12.6. The quantitative estimate of drug-likeness (QED) is 0.0300. The third kappa shape index (κ3) is 7.59. The molecule has 22 nitrogen and oxygen atoms in total. The van der Waals surface area contributed by atoms with Crippen LogP contribution >= 0.6 is 46.3 Å². The molecule has 1 unspecified atom stereocenters. The van der Waals surface area contributed by atoms with Gasteiger partial charge in [-0.3, -0.25) is 39.1 Å². The highest BCUT2D eigenvalue weighted by atomic mass is 35.5. The van der Waals surface area contributed by atoms with Gasteiger partial charge < -0.3 is 41.2 Å². The van der Waals surface area contributed by atoms with Gasteiger partial charge in [0.2, 0.25) is 22.2 Å². The van der Waals surface area contributed by atoms with Gasteiger partial charge in [-0.2, -0.15) is 0 Å². The number of ketones is 3. The largest absolute Gasteiger partial charge is 0.504 e. The summed E-state index contributed by atoms with van der Waals surface area (Å²) in [4.78, 5) is 123. The molecule has 0 radical (unpaired) electrons. The molecule has 4 heterocycles. The maximum atomic E-state index is 13.6. The monoisotopic (exact) mass is 858 g/mol. The molecule has 2 aromatic rings. The van der Waals surface area contributed by atoms with Crippen molar-refractivity contribution in [3.63, 3.8) is 0 Å². The number of hydrazine groups is 1. The van der Waals surface area contributed by atoms with E-state index in [2.05, 4.69) is 10.1 Å². The summed E-state index contributed by atoms with van der Waals surface area (Å²) in [5, 5.41) is 43.5. The topological polar surface area (TPSA) is 329 Å². The zero-order chi connectivity index (χ0) is 41.6. The first kappa shape index (κ1) is 41.4. The lowest BCUT2D eigenvalue weighted by molar-refractivity contribution is -0.161. The Morgan fingerprint density at radius 2 is 1.75 bits per heavy atom. The second-order valence-electron chi connectivity index (χ2n) is 12.6. The summed E-state index contributed by atoms with van der Waals surface area (Å²) < 4.78 is -0.0864. The third-order valence-electron chi connectivity index (χ3n) is 8.55. The fraction of sp³-hybridized carbons (Fsp3) is 0.367. The van der Waals surface area contributed by atoms with Crippen molar-refractivity contribution < 1.29 is 68.4 Å². The number of hydrogen-bond donors (Lipinski definition) is 7. The molecule has 0 saturated carbocycles. The Kier molecular flexibility index (Phi) is 11.4. The molecule has 3 aliphatic heterocycles. The minimum absolute atomic E-state index is 0.0603. The fourth-order valence-corrected chi connectivity index (χ4v) is 8.33. The van der Waals surface area contributed by atoms with Gasteiger partial charge in [0.05, 0.1) is 41.5 Å². The number of aromatic nitrogens is 1. The Balaban J connectivity index is 1.23. The lowest BCUT2D eigenvalue weighted by atomic mass is 9.90. The van der Waals surface area contributed by atoms with Crippen LogP contribution in [0.1, 0.15) is 36.3 Å². The number of β-lactam (4-membered cyclic amide) rings is 1. The average molecular weight is 860 g/mol. The fourth-order valence-electron chi connectivity index (χ4n) is 5.47. The number of nitrogen functional groups attached to an aromatic ring is 1.